The molecule has 0 bridgehead atoms. The predicted octanol–water partition coefficient (Wildman–Crippen LogP) is 1.35. The number of carbonyl (C=O) groups is 1. The molecule has 6 heteroatoms. The summed E-state index contributed by atoms with van der Waals surface area (Å²) in [4.78, 5) is 26.7. The molecule has 0 unspecified atom stereocenters. The minimum Gasteiger partial charge on any atom is -0.364 e. The van der Waals surface area contributed by atoms with E-state index in [4.69, 9.17) is 5.73 Å². The fraction of sp³-hybridized carbons (Fsp3) is 0.538. The smallest absolute Gasteiger partial charge is 0.257 e. The van der Waals surface area contributed by atoms with E-state index in [-0.39, 0.29) is 29.3 Å². The zero-order valence-electron chi connectivity index (χ0n) is 11.6. The Morgan fingerprint density at radius 2 is 2.00 bits per heavy atom. The van der Waals surface area contributed by atoms with Crippen LogP contribution in [0.4, 0.5) is 0 Å². The van der Waals surface area contributed by atoms with Crippen LogP contribution in [0.1, 0.15) is 42.7 Å². The van der Waals surface area contributed by atoms with Gasteiger partial charge in [-0.2, -0.15) is 0 Å². The maximum atomic E-state index is 12.1. The Labute approximate surface area is 119 Å². The molecule has 0 saturated carbocycles. The molecule has 1 rings (SSSR count). The number of hydrogen-bond acceptors (Lipinski definition) is 3. The summed E-state index contributed by atoms with van der Waals surface area (Å²) in [7, 11) is 0. The first kappa shape index (κ1) is 17.7. The SMILES string of the molecule is CCC(CC)(CN)NC(=O)c1c[nH]c(C)cc1=O.Cl. The highest BCUT2D eigenvalue weighted by atomic mass is 35.5. The Bertz CT molecular complexity index is 473. The molecule has 19 heavy (non-hydrogen) atoms. The van der Waals surface area contributed by atoms with Crippen LogP contribution in [0.25, 0.3) is 0 Å². The van der Waals surface area contributed by atoms with Crippen molar-refractivity contribution in [2.45, 2.75) is 39.2 Å². The fourth-order valence-electron chi connectivity index (χ4n) is 1.83. The van der Waals surface area contributed by atoms with Crippen molar-refractivity contribution in [2.75, 3.05) is 6.54 Å². The van der Waals surface area contributed by atoms with Crippen molar-refractivity contribution >= 4 is 18.3 Å². The predicted molar refractivity (Wildman–Crippen MR) is 78.9 cm³/mol. The van der Waals surface area contributed by atoms with Gasteiger partial charge in [-0.05, 0) is 19.8 Å². The number of aromatic nitrogens is 1. The summed E-state index contributed by atoms with van der Waals surface area (Å²) in [6.45, 7) is 6.06. The molecule has 1 heterocycles. The molecule has 0 aliphatic heterocycles. The Hall–Kier alpha value is -1.33. The number of hydrogen-bond donors (Lipinski definition) is 3. The molecule has 0 aliphatic carbocycles. The van der Waals surface area contributed by atoms with Crippen LogP contribution in [-0.4, -0.2) is 23.0 Å². The topological polar surface area (TPSA) is 88.0 Å². The Morgan fingerprint density at radius 3 is 2.42 bits per heavy atom. The summed E-state index contributed by atoms with van der Waals surface area (Å²) in [6, 6.07) is 1.41. The van der Waals surface area contributed by atoms with E-state index in [1.165, 1.54) is 12.3 Å². The van der Waals surface area contributed by atoms with Crippen molar-refractivity contribution < 1.29 is 4.79 Å². The lowest BCUT2D eigenvalue weighted by Gasteiger charge is -2.31. The second kappa shape index (κ2) is 7.31. The average Bonchev–Trinajstić information content (AvgIpc) is 2.36. The summed E-state index contributed by atoms with van der Waals surface area (Å²) >= 11 is 0. The van der Waals surface area contributed by atoms with Gasteiger partial charge in [-0.25, -0.2) is 0 Å². The van der Waals surface area contributed by atoms with Crippen molar-refractivity contribution in [3.05, 3.63) is 33.7 Å². The summed E-state index contributed by atoms with van der Waals surface area (Å²) in [5.74, 6) is -0.370. The van der Waals surface area contributed by atoms with Gasteiger partial charge in [0.25, 0.3) is 5.91 Å². The second-order valence-electron chi connectivity index (χ2n) is 4.54. The average molecular weight is 288 g/mol. The van der Waals surface area contributed by atoms with Gasteiger partial charge in [0.1, 0.15) is 5.56 Å². The van der Waals surface area contributed by atoms with E-state index >= 15 is 0 Å². The van der Waals surface area contributed by atoms with E-state index in [0.29, 0.717) is 6.54 Å². The first-order valence-electron chi connectivity index (χ1n) is 6.20. The minimum absolute atomic E-state index is 0. The summed E-state index contributed by atoms with van der Waals surface area (Å²) in [5, 5.41) is 2.87. The number of pyridine rings is 1. The van der Waals surface area contributed by atoms with E-state index in [1.807, 2.05) is 13.8 Å². The van der Waals surface area contributed by atoms with E-state index in [1.54, 1.807) is 6.92 Å². The zero-order chi connectivity index (χ0) is 13.8. The Balaban J connectivity index is 0.00000324. The number of amides is 1. The lowest BCUT2D eigenvalue weighted by molar-refractivity contribution is 0.0894. The van der Waals surface area contributed by atoms with Crippen LogP contribution in [0, 0.1) is 6.92 Å². The van der Waals surface area contributed by atoms with Crippen LogP contribution in [0.15, 0.2) is 17.1 Å². The van der Waals surface area contributed by atoms with E-state index in [9.17, 15) is 9.59 Å². The number of carbonyl (C=O) groups excluding carboxylic acids is 1. The van der Waals surface area contributed by atoms with Crippen LogP contribution in [0.5, 0.6) is 0 Å². The molecular weight excluding hydrogens is 266 g/mol. The van der Waals surface area contributed by atoms with Gasteiger partial charge in [-0.1, -0.05) is 13.8 Å². The van der Waals surface area contributed by atoms with Crippen LogP contribution >= 0.6 is 12.4 Å². The number of aromatic amines is 1. The molecule has 108 valence electrons. The van der Waals surface area contributed by atoms with Crippen molar-refractivity contribution in [3.8, 4) is 0 Å². The summed E-state index contributed by atoms with van der Waals surface area (Å²) in [5.41, 5.74) is 5.86. The van der Waals surface area contributed by atoms with Gasteiger partial charge in [0.2, 0.25) is 0 Å². The largest absolute Gasteiger partial charge is 0.364 e. The van der Waals surface area contributed by atoms with Gasteiger partial charge in [0.05, 0.1) is 5.54 Å². The number of halogens is 1. The molecular formula is C13H22ClN3O2. The third-order valence-electron chi connectivity index (χ3n) is 3.42. The monoisotopic (exact) mass is 287 g/mol. The standard InChI is InChI=1S/C13H21N3O2.ClH/c1-4-13(5-2,8-14)16-12(18)10-7-15-9(3)6-11(10)17;/h6-7H,4-5,8,14H2,1-3H3,(H,15,17)(H,16,18);1H. The van der Waals surface area contributed by atoms with Crippen LogP contribution < -0.4 is 16.5 Å². The molecule has 0 saturated heterocycles. The molecule has 4 N–H and O–H groups in total. The van der Waals surface area contributed by atoms with Crippen molar-refractivity contribution in [3.63, 3.8) is 0 Å². The number of rotatable bonds is 5. The molecule has 1 amide bonds. The molecule has 5 nitrogen and oxygen atoms in total. The van der Waals surface area contributed by atoms with E-state index < -0.39 is 5.54 Å². The number of aryl methyl sites for hydroxylation is 1. The van der Waals surface area contributed by atoms with Gasteiger partial charge in [-0.3, -0.25) is 9.59 Å². The Kier molecular flexibility index (Phi) is 6.79. The van der Waals surface area contributed by atoms with Gasteiger partial charge in [0.15, 0.2) is 5.43 Å². The molecule has 1 aromatic heterocycles. The number of nitrogens with two attached hydrogens (primary N) is 1. The van der Waals surface area contributed by atoms with Gasteiger partial charge in [0, 0.05) is 24.5 Å². The maximum absolute atomic E-state index is 12.1. The van der Waals surface area contributed by atoms with Crippen LogP contribution in [0.2, 0.25) is 0 Å². The minimum atomic E-state index is -0.436. The summed E-state index contributed by atoms with van der Waals surface area (Å²) in [6.07, 6.45) is 2.91. The normalized spacial score (nSPS) is 10.7. The molecule has 0 fully saturated rings. The molecule has 0 radical (unpaired) electrons. The lowest BCUT2D eigenvalue weighted by atomic mass is 9.92. The highest BCUT2D eigenvalue weighted by Crippen LogP contribution is 2.13. The molecule has 0 aromatic carbocycles. The molecule has 0 aliphatic rings. The van der Waals surface area contributed by atoms with Crippen molar-refractivity contribution in [1.82, 2.24) is 10.3 Å². The zero-order valence-corrected chi connectivity index (χ0v) is 12.4. The van der Waals surface area contributed by atoms with Crippen molar-refractivity contribution in [1.29, 1.82) is 0 Å². The van der Waals surface area contributed by atoms with Gasteiger partial charge >= 0.3 is 0 Å². The highest BCUT2D eigenvalue weighted by molar-refractivity contribution is 5.94. The van der Waals surface area contributed by atoms with E-state index in [0.717, 1.165) is 18.5 Å². The maximum Gasteiger partial charge on any atom is 0.257 e. The van der Waals surface area contributed by atoms with Gasteiger partial charge in [-0.15, -0.1) is 12.4 Å². The molecule has 1 aromatic rings. The first-order chi connectivity index (χ1) is 8.48. The third kappa shape index (κ3) is 4.08. The molecule has 0 atom stereocenters. The first-order valence-corrected chi connectivity index (χ1v) is 6.20. The third-order valence-corrected chi connectivity index (χ3v) is 3.42. The highest BCUT2D eigenvalue weighted by Gasteiger charge is 2.27. The summed E-state index contributed by atoms with van der Waals surface area (Å²) < 4.78 is 0. The van der Waals surface area contributed by atoms with Crippen molar-refractivity contribution in [2.24, 2.45) is 5.73 Å². The number of nitrogens with one attached hydrogen (secondary N) is 2. The van der Waals surface area contributed by atoms with Crippen LogP contribution in [-0.2, 0) is 0 Å². The molecule has 0 spiro atoms. The number of H-pyrrole nitrogens is 1. The second-order valence-corrected chi connectivity index (χ2v) is 4.54. The fourth-order valence-corrected chi connectivity index (χ4v) is 1.83. The lowest BCUT2D eigenvalue weighted by Crippen LogP contribution is -2.53. The van der Waals surface area contributed by atoms with Gasteiger partial charge < -0.3 is 16.0 Å². The van der Waals surface area contributed by atoms with E-state index in [2.05, 4.69) is 10.3 Å². The quantitative estimate of drug-likeness (QED) is 0.764. The Morgan fingerprint density at radius 1 is 1.42 bits per heavy atom. The van der Waals surface area contributed by atoms with Crippen LogP contribution in [0.3, 0.4) is 0 Å².